The number of benzene rings is 1. The second kappa shape index (κ2) is 8.25. The highest BCUT2D eigenvalue weighted by Gasteiger charge is 2.59. The minimum atomic E-state index is -0.914. The molecule has 1 aliphatic carbocycles. The lowest BCUT2D eigenvalue weighted by atomic mass is 9.75. The van der Waals surface area contributed by atoms with E-state index in [1.165, 1.54) is 27.9 Å². The van der Waals surface area contributed by atoms with Crippen molar-refractivity contribution in [2.75, 3.05) is 15.1 Å². The molecule has 2 fully saturated rings. The Hall–Kier alpha value is -4.17. The summed E-state index contributed by atoms with van der Waals surface area (Å²) in [6.07, 6.45) is 5.06. The molecule has 176 valence electrons. The maximum atomic E-state index is 15.1. The molecular formula is C24H20FN7O2S. The third-order valence-corrected chi connectivity index (χ3v) is 6.80. The van der Waals surface area contributed by atoms with Crippen molar-refractivity contribution >= 4 is 46.3 Å². The average Bonchev–Trinajstić information content (AvgIpc) is 3.30. The van der Waals surface area contributed by atoms with Crippen LogP contribution in [0.3, 0.4) is 0 Å². The fraction of sp³-hybridized carbons (Fsp3) is 0.250. The van der Waals surface area contributed by atoms with Gasteiger partial charge in [-0.3, -0.25) is 19.2 Å². The smallest absolute Gasteiger partial charge is 0.259 e. The van der Waals surface area contributed by atoms with Crippen LogP contribution in [0.15, 0.2) is 42.7 Å². The van der Waals surface area contributed by atoms with Gasteiger partial charge in [0, 0.05) is 25.0 Å². The molecule has 2 amide bonds. The fourth-order valence-corrected chi connectivity index (χ4v) is 4.97. The second-order valence-corrected chi connectivity index (χ2v) is 8.97. The van der Waals surface area contributed by atoms with Gasteiger partial charge in [-0.05, 0) is 68.2 Å². The van der Waals surface area contributed by atoms with Crippen molar-refractivity contribution in [2.24, 2.45) is 7.05 Å². The number of hydrogen-bond acceptors (Lipinski definition) is 6. The van der Waals surface area contributed by atoms with Crippen LogP contribution in [0.25, 0.3) is 0 Å². The molecule has 3 heterocycles. The van der Waals surface area contributed by atoms with Gasteiger partial charge in [-0.1, -0.05) is 0 Å². The van der Waals surface area contributed by atoms with Gasteiger partial charge in [0.15, 0.2) is 10.9 Å². The van der Waals surface area contributed by atoms with E-state index in [2.05, 4.69) is 15.4 Å². The van der Waals surface area contributed by atoms with Crippen LogP contribution in [0.4, 0.5) is 21.6 Å². The van der Waals surface area contributed by atoms with Gasteiger partial charge in [0.05, 0.1) is 17.4 Å². The third kappa shape index (κ3) is 3.54. The lowest BCUT2D eigenvalue weighted by molar-refractivity contribution is -0.123. The predicted molar refractivity (Wildman–Crippen MR) is 130 cm³/mol. The number of nitrogens with zero attached hydrogens (tertiary/aromatic N) is 6. The van der Waals surface area contributed by atoms with Crippen LogP contribution < -0.4 is 15.1 Å². The molecule has 3 aromatic rings. The van der Waals surface area contributed by atoms with Crippen LogP contribution in [0.1, 0.15) is 40.9 Å². The second-order valence-electron chi connectivity index (χ2n) is 8.61. The van der Waals surface area contributed by atoms with Crippen LogP contribution >= 0.6 is 12.2 Å². The van der Waals surface area contributed by atoms with E-state index < -0.39 is 17.3 Å². The van der Waals surface area contributed by atoms with E-state index in [9.17, 15) is 14.9 Å². The molecule has 0 unspecified atom stereocenters. The van der Waals surface area contributed by atoms with Gasteiger partial charge in [0.1, 0.15) is 23.1 Å². The molecule has 0 atom stereocenters. The molecule has 1 aliphatic heterocycles. The summed E-state index contributed by atoms with van der Waals surface area (Å²) in [7, 11) is 1.71. The molecule has 1 spiro atoms. The van der Waals surface area contributed by atoms with Crippen molar-refractivity contribution in [1.29, 1.82) is 5.26 Å². The van der Waals surface area contributed by atoms with E-state index >= 15 is 4.39 Å². The first kappa shape index (κ1) is 22.6. The summed E-state index contributed by atoms with van der Waals surface area (Å²) in [5.74, 6) is -1.28. The highest BCUT2D eigenvalue weighted by molar-refractivity contribution is 7.81. The number of hydrogen-bond donors (Lipinski definition) is 1. The lowest BCUT2D eigenvalue weighted by Gasteiger charge is -2.43. The van der Waals surface area contributed by atoms with Crippen LogP contribution in [-0.2, 0) is 11.8 Å². The molecule has 1 N–H and O–H groups in total. The quantitative estimate of drug-likeness (QED) is 0.560. The molecule has 1 saturated heterocycles. The number of carbonyl (C=O) groups excluding carboxylic acids is 2. The number of rotatable bonds is 4. The molecule has 35 heavy (non-hydrogen) atoms. The Bertz CT molecular complexity index is 1440. The van der Waals surface area contributed by atoms with Gasteiger partial charge in [0.25, 0.3) is 11.8 Å². The SMILES string of the molecule is Cc1cc(N2C(=O)C3(CCC3)N(c3ccc(C(=O)Nc4ccn(C)n4)c(F)c3)C2=S)cnc1C#N. The van der Waals surface area contributed by atoms with Crippen molar-refractivity contribution in [3.63, 3.8) is 0 Å². The predicted octanol–water partition coefficient (Wildman–Crippen LogP) is 3.45. The average molecular weight is 490 g/mol. The highest BCUT2D eigenvalue weighted by atomic mass is 32.1. The van der Waals surface area contributed by atoms with E-state index in [1.54, 1.807) is 43.3 Å². The number of nitriles is 1. The van der Waals surface area contributed by atoms with E-state index in [0.717, 1.165) is 6.42 Å². The molecule has 9 nitrogen and oxygen atoms in total. The van der Waals surface area contributed by atoms with Gasteiger partial charge < -0.3 is 10.2 Å². The Kier molecular flexibility index (Phi) is 5.33. The van der Waals surface area contributed by atoms with Crippen molar-refractivity contribution < 1.29 is 14.0 Å². The van der Waals surface area contributed by atoms with Crippen molar-refractivity contribution in [3.05, 3.63) is 65.4 Å². The monoisotopic (exact) mass is 489 g/mol. The Balaban J connectivity index is 1.48. The van der Waals surface area contributed by atoms with Gasteiger partial charge >= 0.3 is 0 Å². The Morgan fingerprint density at radius 2 is 2.03 bits per heavy atom. The number of nitrogens with one attached hydrogen (secondary N) is 1. The maximum absolute atomic E-state index is 15.1. The molecular weight excluding hydrogens is 469 g/mol. The normalized spacial score (nSPS) is 16.4. The van der Waals surface area contributed by atoms with Crippen molar-refractivity contribution in [3.8, 4) is 6.07 Å². The summed E-state index contributed by atoms with van der Waals surface area (Å²) < 4.78 is 16.6. The minimum Gasteiger partial charge on any atom is -0.305 e. The minimum absolute atomic E-state index is 0.151. The van der Waals surface area contributed by atoms with Gasteiger partial charge in [-0.25, -0.2) is 9.37 Å². The van der Waals surface area contributed by atoms with Gasteiger partial charge in [-0.2, -0.15) is 10.4 Å². The zero-order valence-electron chi connectivity index (χ0n) is 18.9. The maximum Gasteiger partial charge on any atom is 0.259 e. The molecule has 2 aromatic heterocycles. The van der Waals surface area contributed by atoms with Crippen molar-refractivity contribution in [1.82, 2.24) is 14.8 Å². The molecule has 1 aromatic carbocycles. The van der Waals surface area contributed by atoms with Crippen molar-refractivity contribution in [2.45, 2.75) is 31.7 Å². The summed E-state index contributed by atoms with van der Waals surface area (Å²) in [6.45, 7) is 1.74. The standard InChI is InChI=1S/C24H20FN7O2S/c1-14-10-16(13-27-19(14)12-26)31-22(34)24(7-3-8-24)32(23(31)35)15-4-5-17(18(25)11-15)21(33)28-20-6-9-30(2)29-20/h4-6,9-11,13H,3,7-8H2,1-2H3,(H,28,29,33). The number of aryl methyl sites for hydroxylation is 2. The van der Waals surface area contributed by atoms with Crippen LogP contribution in [0.2, 0.25) is 0 Å². The first-order valence-corrected chi connectivity index (χ1v) is 11.3. The number of anilines is 3. The number of thiocarbonyl (C=S) groups is 1. The van der Waals surface area contributed by atoms with Crippen LogP contribution in [0.5, 0.6) is 0 Å². The third-order valence-electron chi connectivity index (χ3n) is 6.43. The largest absolute Gasteiger partial charge is 0.305 e. The zero-order chi connectivity index (χ0) is 24.9. The highest BCUT2D eigenvalue weighted by Crippen LogP contribution is 2.48. The molecule has 1 saturated carbocycles. The van der Waals surface area contributed by atoms with E-state index in [1.807, 2.05) is 6.07 Å². The number of aromatic nitrogens is 3. The Morgan fingerprint density at radius 1 is 1.26 bits per heavy atom. The fourth-order valence-electron chi connectivity index (χ4n) is 4.50. The Labute approximate surface area is 205 Å². The molecule has 0 bridgehead atoms. The summed E-state index contributed by atoms with van der Waals surface area (Å²) in [4.78, 5) is 33.4. The van der Waals surface area contributed by atoms with Crippen LogP contribution in [0, 0.1) is 24.1 Å². The lowest BCUT2D eigenvalue weighted by Crippen LogP contribution is -2.55. The molecule has 0 radical (unpaired) electrons. The molecule has 2 aliphatic rings. The molecule has 11 heteroatoms. The summed E-state index contributed by atoms with van der Waals surface area (Å²) in [6, 6.07) is 9.48. The zero-order valence-corrected chi connectivity index (χ0v) is 19.8. The summed E-state index contributed by atoms with van der Waals surface area (Å²) in [5.41, 5.74) is 0.664. The molecule has 5 rings (SSSR count). The topological polar surface area (TPSA) is 107 Å². The number of halogens is 1. The first-order chi connectivity index (χ1) is 16.7. The van der Waals surface area contributed by atoms with Gasteiger partial charge in [-0.15, -0.1) is 0 Å². The summed E-state index contributed by atoms with van der Waals surface area (Å²) in [5, 5.41) is 16.0. The number of pyridine rings is 1. The van der Waals surface area contributed by atoms with Gasteiger partial charge in [0.2, 0.25) is 0 Å². The van der Waals surface area contributed by atoms with Crippen LogP contribution in [-0.4, -0.2) is 37.2 Å². The van der Waals surface area contributed by atoms with E-state index in [4.69, 9.17) is 12.2 Å². The Morgan fingerprint density at radius 3 is 2.60 bits per heavy atom. The summed E-state index contributed by atoms with van der Waals surface area (Å²) >= 11 is 5.70. The number of amides is 2. The van der Waals surface area contributed by atoms with E-state index in [-0.39, 0.29) is 22.3 Å². The van der Waals surface area contributed by atoms with E-state index in [0.29, 0.717) is 35.6 Å². The first-order valence-electron chi connectivity index (χ1n) is 10.9. The number of carbonyl (C=O) groups is 2.